The molecule has 0 aromatic heterocycles. The minimum absolute atomic E-state index is 0.281. The van der Waals surface area contributed by atoms with E-state index >= 15 is 0 Å². The third kappa shape index (κ3) is 3.41. The van der Waals surface area contributed by atoms with Gasteiger partial charge in [0, 0.05) is 34.9 Å². The molecule has 0 N–H and O–H groups in total. The van der Waals surface area contributed by atoms with Gasteiger partial charge < -0.3 is 23.7 Å². The summed E-state index contributed by atoms with van der Waals surface area (Å²) in [5.41, 5.74) is 0.311. The highest BCUT2D eigenvalue weighted by Crippen LogP contribution is 2.44. The Bertz CT molecular complexity index is 506. The van der Waals surface area contributed by atoms with Gasteiger partial charge in [-0.05, 0) is 5.56 Å². The largest absolute Gasteiger partial charge is 0.382 e. The zero-order chi connectivity index (χ0) is 17.6. The number of ether oxygens (including phenoxy) is 5. The van der Waals surface area contributed by atoms with Gasteiger partial charge in [-0.3, -0.25) is 0 Å². The van der Waals surface area contributed by atoms with Crippen molar-refractivity contribution < 1.29 is 23.7 Å². The van der Waals surface area contributed by atoms with Crippen molar-refractivity contribution in [3.63, 3.8) is 0 Å². The average Bonchev–Trinajstić information content (AvgIpc) is 2.62. The summed E-state index contributed by atoms with van der Waals surface area (Å²) in [7, 11) is 6.64. The van der Waals surface area contributed by atoms with Crippen LogP contribution in [0.2, 0.25) is 0 Å². The van der Waals surface area contributed by atoms with E-state index in [0.29, 0.717) is 13.0 Å². The van der Waals surface area contributed by atoms with Crippen LogP contribution < -0.4 is 0 Å². The minimum Gasteiger partial charge on any atom is -0.382 e. The van der Waals surface area contributed by atoms with Crippen molar-refractivity contribution in [1.29, 1.82) is 0 Å². The lowest BCUT2D eigenvalue weighted by molar-refractivity contribution is -0.294. The molecule has 0 bridgehead atoms. The van der Waals surface area contributed by atoms with E-state index in [4.69, 9.17) is 23.7 Å². The third-order valence-corrected chi connectivity index (χ3v) is 4.65. The van der Waals surface area contributed by atoms with Crippen molar-refractivity contribution in [2.24, 2.45) is 0 Å². The Morgan fingerprint density at radius 3 is 2.21 bits per heavy atom. The zero-order valence-electron chi connectivity index (χ0n) is 14.9. The van der Waals surface area contributed by atoms with Gasteiger partial charge in [-0.15, -0.1) is 6.58 Å². The monoisotopic (exact) mass is 336 g/mol. The normalized spacial score (nSPS) is 33.3. The highest BCUT2D eigenvalue weighted by molar-refractivity contribution is 5.28. The summed E-state index contributed by atoms with van der Waals surface area (Å²) in [6, 6.07) is 10.0. The second-order valence-electron chi connectivity index (χ2n) is 5.92. The molecule has 1 aromatic carbocycles. The standard InChI is InChI=1S/C19H28O5/c1-6-12-19(14-10-8-7-9-11-14)18(23-5)17(22-4)16(21-3)15(24-19)13-20-2/h6-11,15-18H,1,12-13H2,2-5H3/t15-,16-,17+,18-,19+/m1/s1. The lowest BCUT2D eigenvalue weighted by Gasteiger charge is -2.52. The number of hydrogen-bond acceptors (Lipinski definition) is 5. The molecule has 0 aliphatic carbocycles. The molecule has 0 radical (unpaired) electrons. The highest BCUT2D eigenvalue weighted by atomic mass is 16.6. The Hall–Kier alpha value is -1.24. The molecule has 1 aliphatic heterocycles. The van der Waals surface area contributed by atoms with Gasteiger partial charge in [-0.2, -0.15) is 0 Å². The molecular weight excluding hydrogens is 308 g/mol. The lowest BCUT2D eigenvalue weighted by Crippen LogP contribution is -2.65. The van der Waals surface area contributed by atoms with E-state index in [-0.39, 0.29) is 24.4 Å². The summed E-state index contributed by atoms with van der Waals surface area (Å²) < 4.78 is 29.2. The van der Waals surface area contributed by atoms with Crippen LogP contribution in [0.25, 0.3) is 0 Å². The second-order valence-corrected chi connectivity index (χ2v) is 5.92. The SMILES string of the molecule is C=CC[C@@]1(c2ccccc2)O[C@H](COC)[C@@H](OC)[C@H](OC)[C@H]1OC. The first kappa shape index (κ1) is 19.1. The maximum Gasteiger partial charge on any atom is 0.126 e. The molecule has 1 saturated heterocycles. The number of rotatable bonds is 8. The fraction of sp³-hybridized carbons (Fsp3) is 0.579. The molecule has 0 spiro atoms. The predicted molar refractivity (Wildman–Crippen MR) is 92.1 cm³/mol. The Balaban J connectivity index is 2.55. The Morgan fingerprint density at radius 1 is 1.04 bits per heavy atom. The van der Waals surface area contributed by atoms with Crippen molar-refractivity contribution in [3.8, 4) is 0 Å². The molecule has 1 fully saturated rings. The van der Waals surface area contributed by atoms with E-state index in [2.05, 4.69) is 6.58 Å². The maximum atomic E-state index is 6.55. The average molecular weight is 336 g/mol. The summed E-state index contributed by atoms with van der Waals surface area (Å²) in [6.45, 7) is 4.32. The topological polar surface area (TPSA) is 46.2 Å². The van der Waals surface area contributed by atoms with Crippen LogP contribution in [0.3, 0.4) is 0 Å². The minimum atomic E-state index is -0.712. The summed E-state index contributed by atoms with van der Waals surface area (Å²) in [4.78, 5) is 0. The molecule has 24 heavy (non-hydrogen) atoms. The molecule has 2 rings (SSSR count). The second kappa shape index (κ2) is 8.74. The van der Waals surface area contributed by atoms with Gasteiger partial charge in [0.2, 0.25) is 0 Å². The van der Waals surface area contributed by atoms with E-state index < -0.39 is 5.60 Å². The molecule has 0 amide bonds. The molecule has 5 atom stereocenters. The molecule has 1 aromatic rings. The summed E-state index contributed by atoms with van der Waals surface area (Å²) in [6.07, 6.45) is 1.22. The van der Waals surface area contributed by atoms with Gasteiger partial charge in [-0.1, -0.05) is 36.4 Å². The molecule has 5 heteroatoms. The van der Waals surface area contributed by atoms with Crippen LogP contribution in [0.1, 0.15) is 12.0 Å². The Labute approximate surface area is 144 Å². The van der Waals surface area contributed by atoms with Gasteiger partial charge in [0.05, 0.1) is 6.61 Å². The summed E-state index contributed by atoms with van der Waals surface area (Å²) >= 11 is 0. The predicted octanol–water partition coefficient (Wildman–Crippen LogP) is 2.55. The first-order chi connectivity index (χ1) is 11.7. The molecule has 0 saturated carbocycles. The maximum absolute atomic E-state index is 6.55. The summed E-state index contributed by atoms with van der Waals surface area (Å²) in [5.74, 6) is 0. The van der Waals surface area contributed by atoms with Gasteiger partial charge in [0.15, 0.2) is 0 Å². The first-order valence-corrected chi connectivity index (χ1v) is 8.10. The lowest BCUT2D eigenvalue weighted by atomic mass is 9.77. The van der Waals surface area contributed by atoms with Crippen LogP contribution in [0.15, 0.2) is 43.0 Å². The number of hydrogen-bond donors (Lipinski definition) is 0. The fourth-order valence-electron chi connectivity index (χ4n) is 3.66. The first-order valence-electron chi connectivity index (χ1n) is 8.10. The molecule has 0 unspecified atom stereocenters. The van der Waals surface area contributed by atoms with Crippen molar-refractivity contribution in [3.05, 3.63) is 48.6 Å². The quantitative estimate of drug-likeness (QED) is 0.683. The smallest absolute Gasteiger partial charge is 0.126 e. The fourth-order valence-corrected chi connectivity index (χ4v) is 3.66. The van der Waals surface area contributed by atoms with Crippen molar-refractivity contribution >= 4 is 0 Å². The Morgan fingerprint density at radius 2 is 1.71 bits per heavy atom. The molecule has 5 nitrogen and oxygen atoms in total. The molecule has 1 aliphatic rings. The van der Waals surface area contributed by atoms with E-state index in [1.165, 1.54) is 0 Å². The van der Waals surface area contributed by atoms with Crippen molar-refractivity contribution in [1.82, 2.24) is 0 Å². The van der Waals surface area contributed by atoms with E-state index in [1.54, 1.807) is 28.4 Å². The van der Waals surface area contributed by atoms with Crippen LogP contribution in [0, 0.1) is 0 Å². The van der Waals surface area contributed by atoms with Gasteiger partial charge in [-0.25, -0.2) is 0 Å². The third-order valence-electron chi connectivity index (χ3n) is 4.65. The van der Waals surface area contributed by atoms with E-state index in [9.17, 15) is 0 Å². The Kier molecular flexibility index (Phi) is 6.95. The highest BCUT2D eigenvalue weighted by Gasteiger charge is 2.56. The van der Waals surface area contributed by atoms with E-state index in [0.717, 1.165) is 5.56 Å². The van der Waals surface area contributed by atoms with Crippen LogP contribution in [0.4, 0.5) is 0 Å². The van der Waals surface area contributed by atoms with Crippen LogP contribution in [-0.4, -0.2) is 59.5 Å². The van der Waals surface area contributed by atoms with Crippen molar-refractivity contribution in [2.45, 2.75) is 36.4 Å². The summed E-state index contributed by atoms with van der Waals surface area (Å²) in [5, 5.41) is 0. The number of methoxy groups -OCH3 is 4. The van der Waals surface area contributed by atoms with Crippen LogP contribution in [-0.2, 0) is 29.3 Å². The van der Waals surface area contributed by atoms with Crippen LogP contribution >= 0.6 is 0 Å². The van der Waals surface area contributed by atoms with Crippen molar-refractivity contribution in [2.75, 3.05) is 35.0 Å². The zero-order valence-corrected chi connectivity index (χ0v) is 14.9. The molecular formula is C19H28O5. The van der Waals surface area contributed by atoms with E-state index in [1.807, 2.05) is 36.4 Å². The van der Waals surface area contributed by atoms with Gasteiger partial charge >= 0.3 is 0 Å². The molecule has 1 heterocycles. The van der Waals surface area contributed by atoms with Crippen LogP contribution in [0.5, 0.6) is 0 Å². The van der Waals surface area contributed by atoms with Gasteiger partial charge in [0.1, 0.15) is 30.0 Å². The van der Waals surface area contributed by atoms with Gasteiger partial charge in [0.25, 0.3) is 0 Å². The number of benzene rings is 1. The molecule has 134 valence electrons.